The Bertz CT molecular complexity index is 1070. The van der Waals surface area contributed by atoms with Gasteiger partial charge >= 0.3 is 12.1 Å². The number of thiophene rings is 2. The molecule has 5 nitrogen and oxygen atoms in total. The summed E-state index contributed by atoms with van der Waals surface area (Å²) in [5.41, 5.74) is -0.523. The van der Waals surface area contributed by atoms with E-state index in [1.807, 2.05) is 0 Å². The van der Waals surface area contributed by atoms with E-state index in [2.05, 4.69) is 4.98 Å². The highest BCUT2D eigenvalue weighted by Gasteiger charge is 2.36. The molecule has 0 saturated carbocycles. The topological polar surface area (TPSA) is 59.5 Å². The molecule has 0 aliphatic heterocycles. The first-order valence-corrected chi connectivity index (χ1v) is 10.2. The van der Waals surface area contributed by atoms with Crippen LogP contribution < -0.4 is 0 Å². The summed E-state index contributed by atoms with van der Waals surface area (Å²) in [7, 11) is 3.03. The van der Waals surface area contributed by atoms with Gasteiger partial charge in [0.05, 0.1) is 16.1 Å². The molecule has 10 heteroatoms. The predicted molar refractivity (Wildman–Crippen MR) is 106 cm³/mol. The average Bonchev–Trinajstić information content (AvgIpc) is 3.27. The summed E-state index contributed by atoms with van der Waals surface area (Å²) in [6.45, 7) is 2.84. The third kappa shape index (κ3) is 4.13. The van der Waals surface area contributed by atoms with Crippen molar-refractivity contribution in [2.45, 2.75) is 26.1 Å². The molecule has 0 aliphatic rings. The summed E-state index contributed by atoms with van der Waals surface area (Å²) in [5, 5.41) is 1.63. The molecule has 3 heterocycles. The van der Waals surface area contributed by atoms with Crippen molar-refractivity contribution in [3.63, 3.8) is 0 Å². The quantitative estimate of drug-likeness (QED) is 0.535. The number of hydrogen-bond donors (Lipinski definition) is 0. The highest BCUT2D eigenvalue weighted by atomic mass is 32.1. The van der Waals surface area contributed by atoms with Crippen molar-refractivity contribution >= 4 is 44.8 Å². The summed E-state index contributed by atoms with van der Waals surface area (Å²) < 4.78 is 46.4. The number of pyridine rings is 1. The Hall–Kier alpha value is -2.46. The Morgan fingerprint density at radius 3 is 2.52 bits per heavy atom. The van der Waals surface area contributed by atoms with E-state index in [9.17, 15) is 22.8 Å². The molecule has 1 unspecified atom stereocenters. The van der Waals surface area contributed by atoms with Crippen molar-refractivity contribution in [2.75, 3.05) is 14.1 Å². The molecular weight excluding hydrogens is 425 g/mol. The van der Waals surface area contributed by atoms with Crippen molar-refractivity contribution in [3.05, 3.63) is 39.6 Å². The number of hydrogen-bond acceptors (Lipinski definition) is 6. The van der Waals surface area contributed by atoms with E-state index in [-0.39, 0.29) is 26.4 Å². The summed E-state index contributed by atoms with van der Waals surface area (Å²) in [4.78, 5) is 30.8. The van der Waals surface area contributed by atoms with Gasteiger partial charge in [-0.05, 0) is 36.9 Å². The molecule has 0 aromatic carbocycles. The number of esters is 1. The number of aromatic nitrogens is 1. The van der Waals surface area contributed by atoms with Gasteiger partial charge in [-0.15, -0.1) is 22.7 Å². The molecule has 0 radical (unpaired) electrons. The van der Waals surface area contributed by atoms with Crippen molar-refractivity contribution in [3.8, 4) is 10.6 Å². The summed E-state index contributed by atoms with van der Waals surface area (Å²) >= 11 is 2.11. The van der Waals surface area contributed by atoms with Gasteiger partial charge in [-0.3, -0.25) is 4.79 Å². The number of likely N-dealkylation sites (N-methyl/N-ethyl adjacent to an activating group) is 1. The standard InChI is InChI=1S/C19H17F3N2O3S2/c1-9-14-11(19(20,21)22)8-12(13-6-5-7-28-13)23-16(14)29-15(9)18(26)27-10(2)17(25)24(3)4/h5-8,10H,1-4H3. The second kappa shape index (κ2) is 7.75. The third-order valence-corrected chi connectivity index (χ3v) is 6.30. The zero-order valence-corrected chi connectivity index (χ0v) is 17.6. The number of amides is 1. The lowest BCUT2D eigenvalue weighted by atomic mass is 10.1. The zero-order chi connectivity index (χ0) is 21.5. The van der Waals surface area contributed by atoms with Crippen molar-refractivity contribution in [1.82, 2.24) is 9.88 Å². The molecule has 0 aliphatic carbocycles. The summed E-state index contributed by atoms with van der Waals surface area (Å²) in [5.74, 6) is -1.27. The number of rotatable bonds is 4. The largest absolute Gasteiger partial charge is 0.448 e. The number of aryl methyl sites for hydroxylation is 1. The average molecular weight is 442 g/mol. The van der Waals surface area contributed by atoms with Gasteiger partial charge in [-0.2, -0.15) is 13.2 Å². The van der Waals surface area contributed by atoms with E-state index in [1.54, 1.807) is 17.5 Å². The van der Waals surface area contributed by atoms with Gasteiger partial charge in [0.25, 0.3) is 5.91 Å². The Morgan fingerprint density at radius 1 is 1.28 bits per heavy atom. The molecule has 0 fully saturated rings. The maximum Gasteiger partial charge on any atom is 0.417 e. The molecule has 3 aromatic heterocycles. The van der Waals surface area contributed by atoms with Gasteiger partial charge in [0.2, 0.25) is 0 Å². The van der Waals surface area contributed by atoms with Crippen LogP contribution in [0.25, 0.3) is 20.8 Å². The van der Waals surface area contributed by atoms with Crippen LogP contribution in [0.2, 0.25) is 0 Å². The summed E-state index contributed by atoms with van der Waals surface area (Å²) in [6.07, 6.45) is -5.67. The number of alkyl halides is 3. The van der Waals surface area contributed by atoms with Crippen molar-refractivity contribution in [2.24, 2.45) is 0 Å². The first-order chi connectivity index (χ1) is 13.5. The van der Waals surface area contributed by atoms with Gasteiger partial charge in [0.15, 0.2) is 6.10 Å². The Kier molecular flexibility index (Phi) is 5.68. The SMILES string of the molecule is Cc1c(C(=O)OC(C)C(=O)N(C)C)sc2nc(-c3cccs3)cc(C(F)(F)F)c12. The lowest BCUT2D eigenvalue weighted by Crippen LogP contribution is -2.34. The van der Waals surface area contributed by atoms with E-state index in [4.69, 9.17) is 4.74 Å². The van der Waals surface area contributed by atoms with E-state index < -0.39 is 29.7 Å². The highest BCUT2D eigenvalue weighted by molar-refractivity contribution is 7.20. The van der Waals surface area contributed by atoms with Crippen LogP contribution in [0.1, 0.15) is 27.7 Å². The van der Waals surface area contributed by atoms with Crippen LogP contribution in [0, 0.1) is 6.92 Å². The molecule has 29 heavy (non-hydrogen) atoms. The molecule has 1 atom stereocenters. The molecule has 0 spiro atoms. The maximum absolute atomic E-state index is 13.7. The molecule has 0 N–H and O–H groups in total. The van der Waals surface area contributed by atoms with Crippen molar-refractivity contribution in [1.29, 1.82) is 0 Å². The van der Waals surface area contributed by atoms with Crippen LogP contribution in [-0.4, -0.2) is 42.0 Å². The second-order valence-electron chi connectivity index (χ2n) is 6.55. The smallest absolute Gasteiger partial charge is 0.417 e. The predicted octanol–water partition coefficient (Wildman–Crippen LogP) is 4.99. The minimum atomic E-state index is -4.62. The number of ether oxygens (including phenoxy) is 1. The number of carbonyl (C=O) groups is 2. The number of halogens is 3. The van der Waals surface area contributed by atoms with Crippen LogP contribution >= 0.6 is 22.7 Å². The van der Waals surface area contributed by atoms with Gasteiger partial charge in [0.1, 0.15) is 9.71 Å². The Labute approximate surface area is 172 Å². The number of nitrogens with zero attached hydrogens (tertiary/aromatic N) is 2. The number of fused-ring (bicyclic) bond motifs is 1. The van der Waals surface area contributed by atoms with Gasteiger partial charge in [0, 0.05) is 19.5 Å². The fourth-order valence-corrected chi connectivity index (χ4v) is 4.62. The molecular formula is C19H17F3N2O3S2. The Balaban J connectivity index is 2.10. The first kappa shape index (κ1) is 21.3. The molecule has 154 valence electrons. The number of carbonyl (C=O) groups excluding carboxylic acids is 2. The summed E-state index contributed by atoms with van der Waals surface area (Å²) in [6, 6.07) is 4.41. The van der Waals surface area contributed by atoms with Gasteiger partial charge < -0.3 is 9.64 Å². The lowest BCUT2D eigenvalue weighted by molar-refractivity contribution is -0.137. The van der Waals surface area contributed by atoms with E-state index >= 15 is 0 Å². The fourth-order valence-electron chi connectivity index (χ4n) is 2.84. The molecule has 3 rings (SSSR count). The first-order valence-electron chi connectivity index (χ1n) is 8.48. The molecule has 0 saturated heterocycles. The zero-order valence-electron chi connectivity index (χ0n) is 16.0. The van der Waals surface area contributed by atoms with E-state index in [0.29, 0.717) is 4.88 Å². The maximum atomic E-state index is 13.7. The van der Waals surface area contributed by atoms with E-state index in [1.165, 1.54) is 44.2 Å². The third-order valence-electron chi connectivity index (χ3n) is 4.24. The molecule has 0 bridgehead atoms. The van der Waals surface area contributed by atoms with Crippen molar-refractivity contribution < 1.29 is 27.5 Å². The highest BCUT2D eigenvalue weighted by Crippen LogP contribution is 2.42. The molecule has 3 aromatic rings. The second-order valence-corrected chi connectivity index (χ2v) is 8.49. The lowest BCUT2D eigenvalue weighted by Gasteiger charge is -2.17. The monoisotopic (exact) mass is 442 g/mol. The van der Waals surface area contributed by atoms with Crippen LogP contribution in [0.4, 0.5) is 13.2 Å². The van der Waals surface area contributed by atoms with Crippen LogP contribution in [0.5, 0.6) is 0 Å². The minimum absolute atomic E-state index is 0.000245. The normalized spacial score (nSPS) is 12.8. The van der Waals surface area contributed by atoms with Gasteiger partial charge in [-0.1, -0.05) is 6.07 Å². The van der Waals surface area contributed by atoms with Gasteiger partial charge in [-0.25, -0.2) is 9.78 Å². The van der Waals surface area contributed by atoms with Crippen LogP contribution in [0.3, 0.4) is 0 Å². The van der Waals surface area contributed by atoms with Crippen LogP contribution in [0.15, 0.2) is 23.6 Å². The minimum Gasteiger partial charge on any atom is -0.448 e. The fraction of sp³-hybridized carbons (Fsp3) is 0.316. The molecule has 1 amide bonds. The Morgan fingerprint density at radius 2 is 1.97 bits per heavy atom. The van der Waals surface area contributed by atoms with Crippen LogP contribution in [-0.2, 0) is 15.7 Å². The van der Waals surface area contributed by atoms with E-state index in [0.717, 1.165) is 17.4 Å².